The predicted octanol–water partition coefficient (Wildman–Crippen LogP) is 2.03. The second-order valence-corrected chi connectivity index (χ2v) is 5.66. The Kier molecular flexibility index (Phi) is 3.68. The predicted molar refractivity (Wildman–Crippen MR) is 79.5 cm³/mol. The lowest BCUT2D eigenvalue weighted by atomic mass is 10.1. The average Bonchev–Trinajstić information content (AvgIpc) is 3.09. The first-order valence-electron chi connectivity index (χ1n) is 6.38. The van der Waals surface area contributed by atoms with Gasteiger partial charge in [-0.25, -0.2) is 4.98 Å². The molecule has 6 nitrogen and oxygen atoms in total. The van der Waals surface area contributed by atoms with Crippen LogP contribution in [0.5, 0.6) is 0 Å². The standard InChI is InChI=1S/C13H14BrN5O/c14-10-1-3-15-12(5-10)19-4-2-9(8-19)13(20)18-11-6-16-17-7-11/h1,3,5-7,9H,2,4,8H2,(H,16,17)(H,18,20). The normalized spacial score (nSPS) is 18.2. The third kappa shape index (κ3) is 2.82. The second kappa shape index (κ2) is 5.62. The summed E-state index contributed by atoms with van der Waals surface area (Å²) >= 11 is 3.44. The van der Waals surface area contributed by atoms with Gasteiger partial charge in [0.2, 0.25) is 5.91 Å². The van der Waals surface area contributed by atoms with E-state index in [2.05, 4.69) is 41.3 Å². The number of hydrogen-bond donors (Lipinski definition) is 2. The highest BCUT2D eigenvalue weighted by molar-refractivity contribution is 9.10. The van der Waals surface area contributed by atoms with E-state index in [0.717, 1.165) is 23.3 Å². The Balaban J connectivity index is 1.63. The van der Waals surface area contributed by atoms with Crippen LogP contribution in [0.4, 0.5) is 11.5 Å². The highest BCUT2D eigenvalue weighted by Crippen LogP contribution is 2.25. The number of halogens is 1. The molecule has 20 heavy (non-hydrogen) atoms. The number of pyridine rings is 1. The van der Waals surface area contributed by atoms with Crippen molar-refractivity contribution in [2.45, 2.75) is 6.42 Å². The maximum absolute atomic E-state index is 12.1. The minimum Gasteiger partial charge on any atom is -0.356 e. The molecule has 0 radical (unpaired) electrons. The van der Waals surface area contributed by atoms with Crippen LogP contribution in [-0.2, 0) is 4.79 Å². The minimum atomic E-state index is -0.0225. The fourth-order valence-electron chi connectivity index (χ4n) is 2.31. The van der Waals surface area contributed by atoms with Crippen LogP contribution in [0, 0.1) is 5.92 Å². The summed E-state index contributed by atoms with van der Waals surface area (Å²) in [5, 5.41) is 9.34. The van der Waals surface area contributed by atoms with Gasteiger partial charge in [0, 0.05) is 30.0 Å². The topological polar surface area (TPSA) is 73.9 Å². The van der Waals surface area contributed by atoms with Crippen LogP contribution in [0.25, 0.3) is 0 Å². The van der Waals surface area contributed by atoms with Gasteiger partial charge in [-0.15, -0.1) is 0 Å². The van der Waals surface area contributed by atoms with Gasteiger partial charge in [0.1, 0.15) is 5.82 Å². The number of aromatic amines is 1. The Morgan fingerprint density at radius 3 is 3.20 bits per heavy atom. The Bertz CT molecular complexity index is 601. The van der Waals surface area contributed by atoms with Crippen LogP contribution in [0.2, 0.25) is 0 Å². The molecule has 1 unspecified atom stereocenters. The molecule has 2 aromatic heterocycles. The molecular weight excluding hydrogens is 322 g/mol. The first kappa shape index (κ1) is 13.1. The van der Waals surface area contributed by atoms with Crippen molar-refractivity contribution in [1.29, 1.82) is 0 Å². The van der Waals surface area contributed by atoms with Crippen LogP contribution in [-0.4, -0.2) is 34.2 Å². The molecule has 3 rings (SSSR count). The smallest absolute Gasteiger partial charge is 0.229 e. The number of H-pyrrole nitrogens is 1. The fraction of sp³-hybridized carbons (Fsp3) is 0.308. The van der Waals surface area contributed by atoms with Crippen molar-refractivity contribution in [2.75, 3.05) is 23.3 Å². The maximum atomic E-state index is 12.1. The molecule has 2 aromatic rings. The Morgan fingerprint density at radius 1 is 1.55 bits per heavy atom. The zero-order valence-electron chi connectivity index (χ0n) is 10.7. The van der Waals surface area contributed by atoms with Crippen molar-refractivity contribution in [3.05, 3.63) is 35.2 Å². The summed E-state index contributed by atoms with van der Waals surface area (Å²) in [5.41, 5.74) is 0.703. The number of carbonyl (C=O) groups excluding carboxylic acids is 1. The molecule has 1 amide bonds. The van der Waals surface area contributed by atoms with E-state index in [1.54, 1.807) is 18.6 Å². The number of rotatable bonds is 3. The highest BCUT2D eigenvalue weighted by Gasteiger charge is 2.29. The van der Waals surface area contributed by atoms with E-state index in [-0.39, 0.29) is 11.8 Å². The average molecular weight is 336 g/mol. The van der Waals surface area contributed by atoms with Gasteiger partial charge in [-0.05, 0) is 18.6 Å². The van der Waals surface area contributed by atoms with Crippen LogP contribution in [0.3, 0.4) is 0 Å². The summed E-state index contributed by atoms with van der Waals surface area (Å²) in [7, 11) is 0. The van der Waals surface area contributed by atoms with Gasteiger partial charge in [-0.2, -0.15) is 5.10 Å². The summed E-state index contributed by atoms with van der Waals surface area (Å²) in [4.78, 5) is 18.6. The van der Waals surface area contributed by atoms with Gasteiger partial charge >= 0.3 is 0 Å². The third-order valence-corrected chi connectivity index (χ3v) is 3.85. The van der Waals surface area contributed by atoms with E-state index in [0.29, 0.717) is 12.2 Å². The minimum absolute atomic E-state index is 0.0225. The molecule has 1 saturated heterocycles. The molecule has 0 aliphatic carbocycles. The van der Waals surface area contributed by atoms with Gasteiger partial charge in [0.15, 0.2) is 0 Å². The van der Waals surface area contributed by atoms with Crippen LogP contribution in [0.1, 0.15) is 6.42 Å². The number of nitrogens with zero attached hydrogens (tertiary/aromatic N) is 3. The molecule has 0 aromatic carbocycles. The van der Waals surface area contributed by atoms with Crippen LogP contribution < -0.4 is 10.2 Å². The molecule has 0 bridgehead atoms. The number of carbonyl (C=O) groups is 1. The molecule has 104 valence electrons. The molecule has 1 fully saturated rings. The Morgan fingerprint density at radius 2 is 2.45 bits per heavy atom. The lowest BCUT2D eigenvalue weighted by Crippen LogP contribution is -2.27. The Hall–Kier alpha value is -1.89. The lowest BCUT2D eigenvalue weighted by molar-refractivity contribution is -0.119. The monoisotopic (exact) mass is 335 g/mol. The maximum Gasteiger partial charge on any atom is 0.229 e. The summed E-state index contributed by atoms with van der Waals surface area (Å²) in [6.45, 7) is 1.53. The van der Waals surface area contributed by atoms with Crippen LogP contribution >= 0.6 is 15.9 Å². The molecular formula is C13H14BrN5O. The SMILES string of the molecule is O=C(Nc1cn[nH]c1)C1CCN(c2cc(Br)ccn2)C1. The van der Waals surface area contributed by atoms with Crippen molar-refractivity contribution in [2.24, 2.45) is 5.92 Å². The molecule has 1 aliphatic rings. The lowest BCUT2D eigenvalue weighted by Gasteiger charge is -2.17. The number of amides is 1. The summed E-state index contributed by atoms with van der Waals surface area (Å²) in [6, 6.07) is 3.86. The zero-order chi connectivity index (χ0) is 13.9. The van der Waals surface area contributed by atoms with Crippen molar-refractivity contribution in [3.63, 3.8) is 0 Å². The molecule has 2 N–H and O–H groups in total. The molecule has 1 atom stereocenters. The Labute approximate surface area is 124 Å². The van der Waals surface area contributed by atoms with Crippen LogP contribution in [0.15, 0.2) is 35.2 Å². The number of anilines is 2. The van der Waals surface area contributed by atoms with E-state index in [1.165, 1.54) is 0 Å². The second-order valence-electron chi connectivity index (χ2n) is 4.74. The quantitative estimate of drug-likeness (QED) is 0.900. The number of nitrogens with one attached hydrogen (secondary N) is 2. The molecule has 0 spiro atoms. The van der Waals surface area contributed by atoms with Gasteiger partial charge in [0.25, 0.3) is 0 Å². The van der Waals surface area contributed by atoms with E-state index < -0.39 is 0 Å². The highest BCUT2D eigenvalue weighted by atomic mass is 79.9. The third-order valence-electron chi connectivity index (χ3n) is 3.36. The van der Waals surface area contributed by atoms with Crippen molar-refractivity contribution in [1.82, 2.24) is 15.2 Å². The molecule has 7 heteroatoms. The number of hydrogen-bond acceptors (Lipinski definition) is 4. The molecule has 3 heterocycles. The van der Waals surface area contributed by atoms with Crippen molar-refractivity contribution in [3.8, 4) is 0 Å². The van der Waals surface area contributed by atoms with E-state index in [4.69, 9.17) is 0 Å². The number of aromatic nitrogens is 3. The fourth-order valence-corrected chi connectivity index (χ4v) is 2.64. The largest absolute Gasteiger partial charge is 0.356 e. The van der Waals surface area contributed by atoms with E-state index in [9.17, 15) is 4.79 Å². The first-order valence-corrected chi connectivity index (χ1v) is 7.18. The van der Waals surface area contributed by atoms with Gasteiger partial charge in [-0.3, -0.25) is 9.89 Å². The van der Waals surface area contributed by atoms with E-state index in [1.807, 2.05) is 12.1 Å². The molecule has 1 aliphatic heterocycles. The van der Waals surface area contributed by atoms with Gasteiger partial charge < -0.3 is 10.2 Å². The summed E-state index contributed by atoms with van der Waals surface area (Å²) in [5.74, 6) is 0.910. The summed E-state index contributed by atoms with van der Waals surface area (Å²) < 4.78 is 0.994. The van der Waals surface area contributed by atoms with Gasteiger partial charge in [0.05, 0.1) is 17.8 Å². The summed E-state index contributed by atoms with van der Waals surface area (Å²) in [6.07, 6.45) is 5.86. The van der Waals surface area contributed by atoms with Crippen molar-refractivity contribution < 1.29 is 4.79 Å². The zero-order valence-corrected chi connectivity index (χ0v) is 12.3. The van der Waals surface area contributed by atoms with E-state index >= 15 is 0 Å². The van der Waals surface area contributed by atoms with Crippen molar-refractivity contribution >= 4 is 33.3 Å². The first-order chi connectivity index (χ1) is 9.72. The van der Waals surface area contributed by atoms with Gasteiger partial charge in [-0.1, -0.05) is 15.9 Å². The molecule has 0 saturated carbocycles.